The van der Waals surface area contributed by atoms with Gasteiger partial charge in [-0.05, 0) is 55.3 Å². The van der Waals surface area contributed by atoms with Gasteiger partial charge in [-0.15, -0.1) is 0 Å². The number of methoxy groups -OCH3 is 1. The van der Waals surface area contributed by atoms with Crippen molar-refractivity contribution in [2.45, 2.75) is 18.1 Å². The van der Waals surface area contributed by atoms with E-state index in [1.54, 1.807) is 36.4 Å². The highest BCUT2D eigenvalue weighted by molar-refractivity contribution is 8.16. The number of nitrogens with zero attached hydrogens (tertiary/aromatic N) is 1. The topological polar surface area (TPSA) is 67.8 Å². The quantitative estimate of drug-likeness (QED) is 0.835. The van der Waals surface area contributed by atoms with Gasteiger partial charge in [0, 0.05) is 0 Å². The molecule has 1 unspecified atom stereocenters. The Balaban J connectivity index is 1.74. The van der Waals surface area contributed by atoms with Gasteiger partial charge in [-0.1, -0.05) is 23.9 Å². The van der Waals surface area contributed by atoms with Crippen molar-refractivity contribution in [3.05, 3.63) is 65.5 Å². The summed E-state index contributed by atoms with van der Waals surface area (Å²) in [5.74, 6) is -0.873. The Morgan fingerprint density at radius 2 is 1.85 bits per heavy atom. The molecule has 0 saturated carbocycles. The second-order valence-electron chi connectivity index (χ2n) is 6.05. The van der Waals surface area contributed by atoms with Gasteiger partial charge in [0.25, 0.3) is 0 Å². The molecule has 0 aliphatic carbocycles. The molecule has 3 rings (SSSR count). The molecule has 1 aliphatic rings. The fourth-order valence-corrected chi connectivity index (χ4v) is 3.68. The number of amidine groups is 1. The van der Waals surface area contributed by atoms with Crippen LogP contribution < -0.4 is 5.32 Å². The zero-order chi connectivity index (χ0) is 18.7. The van der Waals surface area contributed by atoms with E-state index >= 15 is 0 Å². The molecule has 1 N–H and O–H groups in total. The molecular weight excluding hydrogens is 355 g/mol. The van der Waals surface area contributed by atoms with Crippen LogP contribution in [0.4, 0.5) is 10.1 Å². The van der Waals surface area contributed by atoms with E-state index in [1.165, 1.54) is 31.0 Å². The molecule has 1 atom stereocenters. The molecule has 2 aromatic carbocycles. The van der Waals surface area contributed by atoms with Crippen LogP contribution in [0.1, 0.15) is 22.8 Å². The lowest BCUT2D eigenvalue weighted by atomic mass is 9.98. The van der Waals surface area contributed by atoms with Gasteiger partial charge in [-0.2, -0.15) is 0 Å². The van der Waals surface area contributed by atoms with E-state index in [1.807, 2.05) is 6.92 Å². The predicted molar refractivity (Wildman–Crippen MR) is 99.1 cm³/mol. The highest BCUT2D eigenvalue weighted by Gasteiger charge is 2.42. The highest BCUT2D eigenvalue weighted by atomic mass is 32.2. The Labute approximate surface area is 154 Å². The van der Waals surface area contributed by atoms with Crippen LogP contribution >= 0.6 is 11.8 Å². The summed E-state index contributed by atoms with van der Waals surface area (Å²) in [6.45, 7) is 1.84. The van der Waals surface area contributed by atoms with Gasteiger partial charge in [0.1, 0.15) is 10.6 Å². The van der Waals surface area contributed by atoms with Crippen LogP contribution in [0.15, 0.2) is 53.5 Å². The minimum absolute atomic E-state index is 0.139. The van der Waals surface area contributed by atoms with E-state index in [0.717, 1.165) is 5.56 Å². The van der Waals surface area contributed by atoms with Gasteiger partial charge in [-0.25, -0.2) is 14.2 Å². The van der Waals surface area contributed by atoms with Crippen LogP contribution in [-0.2, 0) is 16.0 Å². The van der Waals surface area contributed by atoms with Crippen molar-refractivity contribution in [1.29, 1.82) is 0 Å². The van der Waals surface area contributed by atoms with E-state index in [4.69, 9.17) is 0 Å². The van der Waals surface area contributed by atoms with E-state index in [9.17, 15) is 14.0 Å². The monoisotopic (exact) mass is 372 g/mol. The Morgan fingerprint density at radius 1 is 1.19 bits per heavy atom. The lowest BCUT2D eigenvalue weighted by Crippen LogP contribution is -2.35. The second-order valence-corrected chi connectivity index (χ2v) is 7.54. The number of aliphatic imine (C=N–C) groups is 1. The third-order valence-corrected chi connectivity index (χ3v) is 5.16. The van der Waals surface area contributed by atoms with Crippen molar-refractivity contribution < 1.29 is 18.7 Å². The first-order valence-electron chi connectivity index (χ1n) is 7.91. The highest BCUT2D eigenvalue weighted by Crippen LogP contribution is 2.36. The van der Waals surface area contributed by atoms with Crippen molar-refractivity contribution in [1.82, 2.24) is 5.32 Å². The Kier molecular flexibility index (Phi) is 5.08. The molecule has 1 fully saturated rings. The molecule has 0 bridgehead atoms. The SMILES string of the molecule is COC(=O)c1ccc(CC2(C)SC(=Nc3ccc(F)cc3)NC2=O)cc1. The largest absolute Gasteiger partial charge is 0.465 e. The normalized spacial score (nSPS) is 20.9. The standard InChI is InChI=1S/C19H17FN2O3S/c1-19(11-12-3-5-13(6-4-12)16(23)25-2)17(24)22-18(26-19)21-15-9-7-14(20)8-10-15/h3-10H,11H2,1-2H3,(H,21,22,24). The molecule has 1 aliphatic heterocycles. The number of amides is 1. The summed E-state index contributed by atoms with van der Waals surface area (Å²) in [6.07, 6.45) is 0.480. The van der Waals surface area contributed by atoms with Gasteiger partial charge in [0.15, 0.2) is 5.17 Å². The molecule has 1 saturated heterocycles. The van der Waals surface area contributed by atoms with Crippen molar-refractivity contribution in [2.24, 2.45) is 4.99 Å². The summed E-state index contributed by atoms with van der Waals surface area (Å²) < 4.78 is 16.9. The fourth-order valence-electron chi connectivity index (χ4n) is 2.58. The summed E-state index contributed by atoms with van der Waals surface area (Å²) in [4.78, 5) is 28.3. The van der Waals surface area contributed by atoms with Crippen molar-refractivity contribution in [2.75, 3.05) is 7.11 Å². The Bertz CT molecular complexity index is 865. The summed E-state index contributed by atoms with van der Waals surface area (Å²) in [7, 11) is 1.33. The number of halogens is 1. The molecule has 1 amide bonds. The molecule has 0 aromatic heterocycles. The first-order valence-corrected chi connectivity index (χ1v) is 8.73. The number of nitrogens with one attached hydrogen (secondary N) is 1. The second kappa shape index (κ2) is 7.29. The minimum Gasteiger partial charge on any atom is -0.465 e. The summed E-state index contributed by atoms with van der Waals surface area (Å²) >= 11 is 1.33. The average molecular weight is 372 g/mol. The molecule has 26 heavy (non-hydrogen) atoms. The van der Waals surface area contributed by atoms with Gasteiger partial charge in [0.2, 0.25) is 5.91 Å². The van der Waals surface area contributed by atoms with Gasteiger partial charge >= 0.3 is 5.97 Å². The van der Waals surface area contributed by atoms with Gasteiger partial charge in [-0.3, -0.25) is 4.79 Å². The first-order chi connectivity index (χ1) is 12.4. The van der Waals surface area contributed by atoms with Crippen molar-refractivity contribution >= 4 is 34.5 Å². The third kappa shape index (κ3) is 3.94. The molecule has 1 heterocycles. The molecule has 134 valence electrons. The molecule has 7 heteroatoms. The van der Waals surface area contributed by atoms with E-state index in [2.05, 4.69) is 15.0 Å². The van der Waals surface area contributed by atoms with Crippen LogP contribution in [0.25, 0.3) is 0 Å². The smallest absolute Gasteiger partial charge is 0.337 e. The minimum atomic E-state index is -0.717. The number of carbonyl (C=O) groups excluding carboxylic acids is 2. The number of esters is 1. The van der Waals surface area contributed by atoms with Crippen LogP contribution in [0, 0.1) is 5.82 Å². The number of carbonyl (C=O) groups is 2. The van der Waals surface area contributed by atoms with Gasteiger partial charge in [0.05, 0.1) is 18.4 Å². The summed E-state index contributed by atoms with van der Waals surface area (Å²) in [5.41, 5.74) is 1.95. The number of thioether (sulfide) groups is 1. The maximum atomic E-state index is 13.0. The van der Waals surface area contributed by atoms with E-state index in [-0.39, 0.29) is 11.7 Å². The van der Waals surface area contributed by atoms with Crippen LogP contribution in [0.3, 0.4) is 0 Å². The van der Waals surface area contributed by atoms with Gasteiger partial charge < -0.3 is 10.1 Å². The maximum absolute atomic E-state index is 13.0. The summed E-state index contributed by atoms with van der Waals surface area (Å²) in [6, 6.07) is 12.7. The third-order valence-electron chi connectivity index (χ3n) is 4.00. The zero-order valence-corrected chi connectivity index (χ0v) is 15.1. The lowest BCUT2D eigenvalue weighted by molar-refractivity contribution is -0.121. The number of benzene rings is 2. The first kappa shape index (κ1) is 18.1. The number of rotatable bonds is 4. The zero-order valence-electron chi connectivity index (χ0n) is 14.3. The molecule has 5 nitrogen and oxygen atoms in total. The summed E-state index contributed by atoms with van der Waals surface area (Å²) in [5, 5.41) is 3.25. The van der Waals surface area contributed by atoms with E-state index < -0.39 is 10.7 Å². The number of hydrogen-bond donors (Lipinski definition) is 1. The van der Waals surface area contributed by atoms with E-state index in [0.29, 0.717) is 22.8 Å². The molecule has 2 aromatic rings. The van der Waals surface area contributed by atoms with Crippen LogP contribution in [0.2, 0.25) is 0 Å². The molecule has 0 radical (unpaired) electrons. The molecule has 0 spiro atoms. The molecular formula is C19H17FN2O3S. The maximum Gasteiger partial charge on any atom is 0.337 e. The van der Waals surface area contributed by atoms with Crippen LogP contribution in [0.5, 0.6) is 0 Å². The van der Waals surface area contributed by atoms with Crippen molar-refractivity contribution in [3.8, 4) is 0 Å². The average Bonchev–Trinajstić information content (AvgIpc) is 2.90. The lowest BCUT2D eigenvalue weighted by Gasteiger charge is -2.18. The Morgan fingerprint density at radius 3 is 2.46 bits per heavy atom. The number of ether oxygens (including phenoxy) is 1. The predicted octanol–water partition coefficient (Wildman–Crippen LogP) is 3.46. The fraction of sp³-hybridized carbons (Fsp3) is 0.211. The van der Waals surface area contributed by atoms with Crippen LogP contribution in [-0.4, -0.2) is 28.9 Å². The number of hydrogen-bond acceptors (Lipinski definition) is 5. The van der Waals surface area contributed by atoms with Crippen molar-refractivity contribution in [3.63, 3.8) is 0 Å². The Hall–Kier alpha value is -2.67.